The fraction of sp³-hybridized carbons (Fsp3) is 0.455. The number of nitrogens with zero attached hydrogens (tertiary/aromatic N) is 2. The predicted molar refractivity (Wildman–Crippen MR) is 60.7 cm³/mol. The second-order valence-electron chi connectivity index (χ2n) is 3.00. The smallest absolute Gasteiger partial charge is 0.270 e. The molecule has 0 aliphatic carbocycles. The van der Waals surface area contributed by atoms with E-state index in [0.717, 1.165) is 10.8 Å². The molecule has 1 aromatic heterocycles. The molecule has 1 heterocycles. The second-order valence-corrected chi connectivity index (χ2v) is 4.12. The molecule has 0 fully saturated rings. The van der Waals surface area contributed by atoms with Gasteiger partial charge in [0, 0.05) is 5.75 Å². The summed E-state index contributed by atoms with van der Waals surface area (Å²) < 4.78 is 0. The lowest BCUT2D eigenvalue weighted by molar-refractivity contribution is 0.778. The van der Waals surface area contributed by atoms with Crippen molar-refractivity contribution in [1.29, 1.82) is 0 Å². The summed E-state index contributed by atoms with van der Waals surface area (Å²) in [5.74, 6) is 1.59. The number of hydrogen-bond acceptors (Lipinski definition) is 2. The van der Waals surface area contributed by atoms with Crippen molar-refractivity contribution >= 4 is 17.6 Å². The normalized spacial score (nSPS) is 9.71. The summed E-state index contributed by atoms with van der Waals surface area (Å²) in [6, 6.07) is 5.59. The maximum atomic E-state index is 6.84. The minimum absolute atomic E-state index is 0.491. The van der Waals surface area contributed by atoms with E-state index in [4.69, 9.17) is 6.57 Å². The highest BCUT2D eigenvalue weighted by molar-refractivity contribution is 7.99. The van der Waals surface area contributed by atoms with Crippen LogP contribution in [-0.4, -0.2) is 10.7 Å². The third kappa shape index (κ3) is 3.80. The Hall–Kier alpha value is -1.01. The summed E-state index contributed by atoms with van der Waals surface area (Å²) >= 11 is 1.74. The molecule has 74 valence electrons. The molecule has 2 nitrogen and oxygen atoms in total. The van der Waals surface area contributed by atoms with E-state index in [-0.39, 0.29) is 0 Å². The Morgan fingerprint density at radius 3 is 3.00 bits per heavy atom. The van der Waals surface area contributed by atoms with E-state index < -0.39 is 0 Å². The first-order chi connectivity index (χ1) is 6.86. The van der Waals surface area contributed by atoms with Crippen molar-refractivity contribution in [2.45, 2.75) is 31.2 Å². The minimum atomic E-state index is 0.491. The van der Waals surface area contributed by atoms with E-state index in [9.17, 15) is 0 Å². The maximum Gasteiger partial charge on any atom is 0.270 e. The van der Waals surface area contributed by atoms with Gasteiger partial charge in [0.2, 0.25) is 0 Å². The van der Waals surface area contributed by atoms with Crippen molar-refractivity contribution < 1.29 is 0 Å². The number of aromatic nitrogens is 1. The monoisotopic (exact) mass is 206 g/mol. The second kappa shape index (κ2) is 6.44. The van der Waals surface area contributed by atoms with Crippen LogP contribution in [0, 0.1) is 6.57 Å². The van der Waals surface area contributed by atoms with Gasteiger partial charge in [-0.05, 0) is 18.6 Å². The van der Waals surface area contributed by atoms with Crippen LogP contribution in [-0.2, 0) is 0 Å². The standard InChI is InChI=1S/C11H14N2S/c1-3-4-5-9-14-11-8-6-7-10(12-2)13-11/h6-8H,3-5,9H2,1H3. The molecule has 0 bridgehead atoms. The topological polar surface area (TPSA) is 17.2 Å². The van der Waals surface area contributed by atoms with Crippen LogP contribution in [0.5, 0.6) is 0 Å². The Labute approximate surface area is 89.6 Å². The van der Waals surface area contributed by atoms with Gasteiger partial charge < -0.3 is 4.85 Å². The van der Waals surface area contributed by atoms with Crippen LogP contribution in [0.2, 0.25) is 0 Å². The van der Waals surface area contributed by atoms with Crippen LogP contribution < -0.4 is 0 Å². The molecular weight excluding hydrogens is 192 g/mol. The lowest BCUT2D eigenvalue weighted by Crippen LogP contribution is -1.82. The Morgan fingerprint density at radius 2 is 2.29 bits per heavy atom. The lowest BCUT2D eigenvalue weighted by atomic mass is 10.3. The van der Waals surface area contributed by atoms with E-state index in [1.54, 1.807) is 17.8 Å². The van der Waals surface area contributed by atoms with Gasteiger partial charge in [0.25, 0.3) is 5.82 Å². The van der Waals surface area contributed by atoms with Crippen LogP contribution in [0.1, 0.15) is 26.2 Å². The lowest BCUT2D eigenvalue weighted by Gasteiger charge is -1.97. The van der Waals surface area contributed by atoms with Crippen LogP contribution in [0.4, 0.5) is 5.82 Å². The molecule has 0 aliphatic heterocycles. The fourth-order valence-corrected chi connectivity index (χ4v) is 1.97. The number of rotatable bonds is 5. The van der Waals surface area contributed by atoms with Gasteiger partial charge in [0.1, 0.15) is 0 Å². The largest absolute Gasteiger partial charge is 0.361 e. The summed E-state index contributed by atoms with van der Waals surface area (Å²) in [7, 11) is 0. The molecule has 0 aliphatic rings. The summed E-state index contributed by atoms with van der Waals surface area (Å²) in [6.45, 7) is 9.03. The Bertz CT molecular complexity index is 317. The average Bonchev–Trinajstić information content (AvgIpc) is 2.25. The quantitative estimate of drug-likeness (QED) is 0.413. The average molecular weight is 206 g/mol. The predicted octanol–water partition coefficient (Wildman–Crippen LogP) is 3.91. The summed E-state index contributed by atoms with van der Waals surface area (Å²) in [5, 5.41) is 0.967. The third-order valence-electron chi connectivity index (χ3n) is 1.82. The van der Waals surface area contributed by atoms with Gasteiger partial charge in [-0.15, -0.1) is 4.98 Å². The van der Waals surface area contributed by atoms with Gasteiger partial charge >= 0.3 is 0 Å². The summed E-state index contributed by atoms with van der Waals surface area (Å²) in [4.78, 5) is 7.50. The first kappa shape index (κ1) is 11.1. The van der Waals surface area contributed by atoms with E-state index in [1.165, 1.54) is 19.3 Å². The highest BCUT2D eigenvalue weighted by Gasteiger charge is 2.00. The first-order valence-corrected chi connectivity index (χ1v) is 5.82. The third-order valence-corrected chi connectivity index (χ3v) is 2.84. The van der Waals surface area contributed by atoms with Crippen LogP contribution in [0.25, 0.3) is 4.85 Å². The molecule has 0 spiro atoms. The maximum absolute atomic E-state index is 6.84. The van der Waals surface area contributed by atoms with Crippen molar-refractivity contribution in [1.82, 2.24) is 4.98 Å². The van der Waals surface area contributed by atoms with Crippen molar-refractivity contribution in [2.24, 2.45) is 0 Å². The zero-order chi connectivity index (χ0) is 10.2. The molecular formula is C11H14N2S. The van der Waals surface area contributed by atoms with Crippen LogP contribution >= 0.6 is 11.8 Å². The van der Waals surface area contributed by atoms with Crippen molar-refractivity contribution in [3.8, 4) is 0 Å². The molecule has 0 aromatic carbocycles. The molecule has 0 N–H and O–H groups in total. The zero-order valence-corrected chi connectivity index (χ0v) is 9.18. The van der Waals surface area contributed by atoms with Gasteiger partial charge in [-0.1, -0.05) is 44.2 Å². The SMILES string of the molecule is [C-]#[N+]c1cccc(SCCCCC)n1. The Morgan fingerprint density at radius 1 is 1.43 bits per heavy atom. The van der Waals surface area contributed by atoms with Crippen LogP contribution in [0.15, 0.2) is 23.2 Å². The highest BCUT2D eigenvalue weighted by Crippen LogP contribution is 2.19. The molecule has 3 heteroatoms. The molecule has 14 heavy (non-hydrogen) atoms. The van der Waals surface area contributed by atoms with E-state index in [2.05, 4.69) is 16.8 Å². The molecule has 0 amide bonds. The number of unbranched alkanes of at least 4 members (excludes halogenated alkanes) is 2. The van der Waals surface area contributed by atoms with Gasteiger partial charge in [-0.3, -0.25) is 0 Å². The van der Waals surface area contributed by atoms with Crippen molar-refractivity contribution in [3.05, 3.63) is 29.6 Å². The van der Waals surface area contributed by atoms with Gasteiger partial charge in [0.05, 0.1) is 0 Å². The van der Waals surface area contributed by atoms with Gasteiger partial charge in [-0.25, -0.2) is 0 Å². The molecule has 1 aromatic rings. The number of thioether (sulfide) groups is 1. The summed E-state index contributed by atoms with van der Waals surface area (Å²) in [5.41, 5.74) is 0. The van der Waals surface area contributed by atoms with Gasteiger partial charge in [0.15, 0.2) is 5.03 Å². The summed E-state index contributed by atoms with van der Waals surface area (Å²) in [6.07, 6.45) is 3.75. The van der Waals surface area contributed by atoms with Crippen molar-refractivity contribution in [3.63, 3.8) is 0 Å². The van der Waals surface area contributed by atoms with E-state index >= 15 is 0 Å². The van der Waals surface area contributed by atoms with Crippen molar-refractivity contribution in [2.75, 3.05) is 5.75 Å². The molecule has 0 saturated carbocycles. The number of pyridine rings is 1. The number of hydrogen-bond donors (Lipinski definition) is 0. The Balaban J connectivity index is 2.39. The molecule has 0 atom stereocenters. The minimum Gasteiger partial charge on any atom is -0.361 e. The molecule has 0 radical (unpaired) electrons. The first-order valence-electron chi connectivity index (χ1n) is 4.84. The molecule has 0 unspecified atom stereocenters. The van der Waals surface area contributed by atoms with Gasteiger partial charge in [-0.2, -0.15) is 0 Å². The molecule has 1 rings (SSSR count). The Kier molecular flexibility index (Phi) is 5.09. The zero-order valence-electron chi connectivity index (χ0n) is 8.36. The molecule has 0 saturated heterocycles. The van der Waals surface area contributed by atoms with E-state index in [0.29, 0.717) is 5.82 Å². The van der Waals surface area contributed by atoms with E-state index in [1.807, 2.05) is 12.1 Å². The van der Waals surface area contributed by atoms with Crippen LogP contribution in [0.3, 0.4) is 0 Å². The fourth-order valence-electron chi connectivity index (χ4n) is 1.08. The highest BCUT2D eigenvalue weighted by atomic mass is 32.2.